The molecule has 7 heteroatoms. The largest absolute Gasteiger partial charge is 0.296 e. The number of carbonyl (C=O) groups is 2. The van der Waals surface area contributed by atoms with Crippen LogP contribution in [0.15, 0.2) is 41.2 Å². The number of rotatable bonds is 1. The highest BCUT2D eigenvalue weighted by Gasteiger charge is 2.20. The lowest BCUT2D eigenvalue weighted by molar-refractivity contribution is -0.117. The number of hydrogen-bond donors (Lipinski definition) is 2. The first-order chi connectivity index (χ1) is 10.1. The molecule has 0 unspecified atom stereocenters. The first-order valence-electron chi connectivity index (χ1n) is 6.23. The zero-order valence-corrected chi connectivity index (χ0v) is 11.1. The number of aromatic nitrogens is 2. The molecule has 0 saturated heterocycles. The average Bonchev–Trinajstić information content (AvgIpc) is 2.77. The van der Waals surface area contributed by atoms with Gasteiger partial charge < -0.3 is 0 Å². The summed E-state index contributed by atoms with van der Waals surface area (Å²) in [5, 5.41) is 4.89. The second kappa shape index (κ2) is 5.12. The Morgan fingerprint density at radius 2 is 2.14 bits per heavy atom. The molecule has 1 aliphatic rings. The van der Waals surface area contributed by atoms with E-state index in [0.29, 0.717) is 5.69 Å². The molecule has 104 valence electrons. The minimum atomic E-state index is -0.383. The van der Waals surface area contributed by atoms with Crippen LogP contribution in [0, 0.1) is 0 Å². The third-order valence-corrected chi connectivity index (χ3v) is 2.75. The summed E-state index contributed by atoms with van der Waals surface area (Å²) in [6.45, 7) is 1.34. The van der Waals surface area contributed by atoms with Crippen LogP contribution in [0.25, 0.3) is 17.1 Å². The maximum atomic E-state index is 11.7. The van der Waals surface area contributed by atoms with Crippen molar-refractivity contribution < 1.29 is 9.59 Å². The normalized spacial score (nSPS) is 16.0. The first-order valence-corrected chi connectivity index (χ1v) is 6.23. The predicted octanol–water partition coefficient (Wildman–Crippen LogP) is 0.593. The molecule has 21 heavy (non-hydrogen) atoms. The van der Waals surface area contributed by atoms with Crippen LogP contribution >= 0.6 is 0 Å². The van der Waals surface area contributed by atoms with Gasteiger partial charge in [-0.2, -0.15) is 0 Å². The number of aliphatic imine (C=N–C) groups is 1. The predicted molar refractivity (Wildman–Crippen MR) is 76.9 cm³/mol. The summed E-state index contributed by atoms with van der Waals surface area (Å²) in [4.78, 5) is 35.3. The number of pyridine rings is 2. The van der Waals surface area contributed by atoms with E-state index in [4.69, 9.17) is 0 Å². The molecule has 2 aromatic heterocycles. The summed E-state index contributed by atoms with van der Waals surface area (Å²) >= 11 is 0. The smallest absolute Gasteiger partial charge is 0.276 e. The Labute approximate surface area is 119 Å². The molecule has 2 aromatic rings. The third-order valence-electron chi connectivity index (χ3n) is 2.75. The van der Waals surface area contributed by atoms with Crippen molar-refractivity contribution in [3.8, 4) is 0 Å². The van der Waals surface area contributed by atoms with E-state index in [2.05, 4.69) is 25.6 Å². The second-order valence-electron chi connectivity index (χ2n) is 4.40. The van der Waals surface area contributed by atoms with Gasteiger partial charge in [-0.05, 0) is 30.3 Å². The number of carbonyl (C=O) groups excluding carboxylic acids is 2. The van der Waals surface area contributed by atoms with E-state index in [1.165, 1.54) is 6.92 Å². The molecule has 0 spiro atoms. The maximum absolute atomic E-state index is 11.7. The Kier molecular flexibility index (Phi) is 3.15. The Morgan fingerprint density at radius 3 is 2.95 bits per heavy atom. The molecule has 3 rings (SSSR count). The van der Waals surface area contributed by atoms with Crippen molar-refractivity contribution in [3.63, 3.8) is 0 Å². The first kappa shape index (κ1) is 12.9. The van der Waals surface area contributed by atoms with Crippen LogP contribution in [0.1, 0.15) is 12.6 Å². The van der Waals surface area contributed by atoms with Crippen LogP contribution in [-0.2, 0) is 9.59 Å². The lowest BCUT2D eigenvalue weighted by atomic mass is 10.2. The van der Waals surface area contributed by atoms with Crippen LogP contribution in [0.5, 0.6) is 0 Å². The van der Waals surface area contributed by atoms with Crippen molar-refractivity contribution in [2.24, 2.45) is 4.99 Å². The van der Waals surface area contributed by atoms with E-state index in [1.54, 1.807) is 24.4 Å². The molecule has 0 saturated carbocycles. The van der Waals surface area contributed by atoms with Crippen molar-refractivity contribution >= 4 is 34.9 Å². The number of nitrogens with one attached hydrogen (secondary N) is 2. The van der Waals surface area contributed by atoms with E-state index in [9.17, 15) is 9.59 Å². The van der Waals surface area contributed by atoms with Crippen molar-refractivity contribution in [2.75, 3.05) is 0 Å². The summed E-state index contributed by atoms with van der Waals surface area (Å²) in [5.41, 5.74) is 2.29. The molecule has 7 nitrogen and oxygen atoms in total. The summed E-state index contributed by atoms with van der Waals surface area (Å²) in [6, 6.07) is 7.20. The summed E-state index contributed by atoms with van der Waals surface area (Å²) in [7, 11) is 0. The fraction of sp³-hybridized carbons (Fsp3) is 0.0714. The van der Waals surface area contributed by atoms with Gasteiger partial charge in [0.2, 0.25) is 11.9 Å². The SMILES string of the molecule is CC(=O)NC1=N/C(=C/c2ccc3ncccc3n2)C(=O)N1. The molecule has 0 bridgehead atoms. The fourth-order valence-electron chi connectivity index (χ4n) is 1.89. The number of hydrogen-bond acceptors (Lipinski definition) is 5. The number of guanidine groups is 1. The van der Waals surface area contributed by atoms with Crippen molar-refractivity contribution in [1.82, 2.24) is 20.6 Å². The Morgan fingerprint density at radius 1 is 1.29 bits per heavy atom. The molecule has 0 aliphatic carbocycles. The summed E-state index contributed by atoms with van der Waals surface area (Å²) in [5.74, 6) is -0.557. The quantitative estimate of drug-likeness (QED) is 0.748. The number of nitrogens with zero attached hydrogens (tertiary/aromatic N) is 3. The molecule has 0 atom stereocenters. The van der Waals surface area contributed by atoms with Crippen LogP contribution < -0.4 is 10.6 Å². The molecule has 0 radical (unpaired) electrons. The minimum Gasteiger partial charge on any atom is -0.296 e. The highest BCUT2D eigenvalue weighted by atomic mass is 16.2. The van der Waals surface area contributed by atoms with Crippen LogP contribution in [0.4, 0.5) is 0 Å². The highest BCUT2D eigenvalue weighted by Crippen LogP contribution is 2.13. The van der Waals surface area contributed by atoms with Crippen molar-refractivity contribution in [3.05, 3.63) is 41.9 Å². The summed E-state index contributed by atoms with van der Waals surface area (Å²) < 4.78 is 0. The fourth-order valence-corrected chi connectivity index (χ4v) is 1.89. The van der Waals surface area contributed by atoms with Gasteiger partial charge in [0, 0.05) is 13.1 Å². The van der Waals surface area contributed by atoms with E-state index in [-0.39, 0.29) is 23.5 Å². The molecule has 0 aromatic carbocycles. The zero-order valence-electron chi connectivity index (χ0n) is 11.1. The molecule has 2 N–H and O–H groups in total. The Bertz CT molecular complexity index is 810. The number of amides is 2. The van der Waals surface area contributed by atoms with Gasteiger partial charge in [-0.25, -0.2) is 9.98 Å². The summed E-state index contributed by atoms with van der Waals surface area (Å²) in [6.07, 6.45) is 3.24. The number of fused-ring (bicyclic) bond motifs is 1. The molecule has 2 amide bonds. The van der Waals surface area contributed by atoms with Gasteiger partial charge in [0.15, 0.2) is 0 Å². The van der Waals surface area contributed by atoms with Gasteiger partial charge in [0.05, 0.1) is 16.7 Å². The lowest BCUT2D eigenvalue weighted by Gasteiger charge is -1.98. The molecule has 0 fully saturated rings. The van der Waals surface area contributed by atoms with Crippen LogP contribution in [0.2, 0.25) is 0 Å². The van der Waals surface area contributed by atoms with Gasteiger partial charge in [-0.1, -0.05) is 0 Å². The molecule has 1 aliphatic heterocycles. The Hall–Kier alpha value is -3.09. The molecule has 3 heterocycles. The third kappa shape index (κ3) is 2.76. The van der Waals surface area contributed by atoms with E-state index >= 15 is 0 Å². The van der Waals surface area contributed by atoms with Crippen LogP contribution in [0.3, 0.4) is 0 Å². The van der Waals surface area contributed by atoms with Crippen LogP contribution in [-0.4, -0.2) is 27.7 Å². The average molecular weight is 281 g/mol. The van der Waals surface area contributed by atoms with Gasteiger partial charge >= 0.3 is 0 Å². The Balaban J connectivity index is 1.94. The van der Waals surface area contributed by atoms with Crippen molar-refractivity contribution in [2.45, 2.75) is 6.92 Å². The van der Waals surface area contributed by atoms with Gasteiger partial charge in [-0.3, -0.25) is 25.2 Å². The highest BCUT2D eigenvalue weighted by molar-refractivity contribution is 6.16. The van der Waals surface area contributed by atoms with Gasteiger partial charge in [0.1, 0.15) is 5.70 Å². The zero-order chi connectivity index (χ0) is 14.8. The second-order valence-corrected chi connectivity index (χ2v) is 4.40. The van der Waals surface area contributed by atoms with Gasteiger partial charge in [0.25, 0.3) is 5.91 Å². The van der Waals surface area contributed by atoms with E-state index in [1.807, 2.05) is 12.1 Å². The van der Waals surface area contributed by atoms with Gasteiger partial charge in [-0.15, -0.1) is 0 Å². The standard InChI is InChI=1S/C14H11N5O2/c1-8(20)16-14-18-12(13(21)19-14)7-9-4-5-10-11(17-9)3-2-6-15-10/h2-7H,1H3,(H2,16,18,19,20,21)/b12-7+. The molecular formula is C14H11N5O2. The van der Waals surface area contributed by atoms with E-state index < -0.39 is 0 Å². The maximum Gasteiger partial charge on any atom is 0.276 e. The minimum absolute atomic E-state index is 0.126. The monoisotopic (exact) mass is 281 g/mol. The van der Waals surface area contributed by atoms with Crippen molar-refractivity contribution in [1.29, 1.82) is 0 Å². The molecular weight excluding hydrogens is 270 g/mol. The van der Waals surface area contributed by atoms with E-state index in [0.717, 1.165) is 11.0 Å². The topological polar surface area (TPSA) is 96.3 Å². The lowest BCUT2D eigenvalue weighted by Crippen LogP contribution is -2.38.